The van der Waals surface area contributed by atoms with Crippen molar-refractivity contribution in [3.05, 3.63) is 29.3 Å². The van der Waals surface area contributed by atoms with Crippen LogP contribution in [0.2, 0.25) is 0 Å². The number of benzene rings is 1. The molecule has 1 atom stereocenters. The number of rotatable bonds is 2. The first-order valence-corrected chi connectivity index (χ1v) is 5.91. The number of carboxylic acid groups (broad SMARTS) is 1. The minimum atomic E-state index is -1.00. The van der Waals surface area contributed by atoms with E-state index in [1.54, 1.807) is 12.1 Å². The molecule has 1 aliphatic rings. The zero-order valence-electron chi connectivity index (χ0n) is 10.4. The molecule has 0 fully saturated rings. The summed E-state index contributed by atoms with van der Waals surface area (Å²) in [6, 6.07) is 3.99. The van der Waals surface area contributed by atoms with E-state index < -0.39 is 12.0 Å². The van der Waals surface area contributed by atoms with Gasteiger partial charge in [0.2, 0.25) is 11.8 Å². The van der Waals surface area contributed by atoms with Gasteiger partial charge >= 0.3 is 5.97 Å². The molecule has 1 aromatic carbocycles. The Labute approximate surface area is 109 Å². The van der Waals surface area contributed by atoms with E-state index in [4.69, 9.17) is 5.11 Å². The van der Waals surface area contributed by atoms with Crippen LogP contribution in [-0.4, -0.2) is 28.9 Å². The van der Waals surface area contributed by atoms with Crippen molar-refractivity contribution in [2.45, 2.75) is 25.8 Å². The number of hydrogen-bond donors (Lipinski definition) is 3. The van der Waals surface area contributed by atoms with E-state index in [9.17, 15) is 14.4 Å². The Hall–Kier alpha value is -2.37. The molecule has 1 aliphatic heterocycles. The van der Waals surface area contributed by atoms with Crippen LogP contribution in [0.3, 0.4) is 0 Å². The second kappa shape index (κ2) is 5.09. The van der Waals surface area contributed by atoms with Gasteiger partial charge in [0.15, 0.2) is 0 Å². The van der Waals surface area contributed by atoms with Crippen LogP contribution in [0.25, 0.3) is 0 Å². The molecule has 6 nitrogen and oxygen atoms in total. The number of hydrogen-bond acceptors (Lipinski definition) is 3. The summed E-state index contributed by atoms with van der Waals surface area (Å²) in [5.74, 6) is -1.55. The van der Waals surface area contributed by atoms with Gasteiger partial charge in [-0.3, -0.25) is 9.59 Å². The lowest BCUT2D eigenvalue weighted by molar-refractivity contribution is -0.125. The van der Waals surface area contributed by atoms with Gasteiger partial charge in [-0.15, -0.1) is 0 Å². The average Bonchev–Trinajstić information content (AvgIpc) is 2.48. The molecule has 1 unspecified atom stereocenters. The van der Waals surface area contributed by atoms with Crippen molar-refractivity contribution in [3.8, 4) is 0 Å². The highest BCUT2D eigenvalue weighted by Gasteiger charge is 2.24. The number of anilines is 1. The van der Waals surface area contributed by atoms with Gasteiger partial charge in [0.1, 0.15) is 6.04 Å². The van der Waals surface area contributed by atoms with Crippen LogP contribution in [0.5, 0.6) is 0 Å². The molecule has 0 saturated heterocycles. The Bertz CT molecular complexity index is 554. The third kappa shape index (κ3) is 2.90. The molecule has 0 spiro atoms. The van der Waals surface area contributed by atoms with Crippen molar-refractivity contribution in [2.75, 3.05) is 5.32 Å². The van der Waals surface area contributed by atoms with Crippen LogP contribution in [0.1, 0.15) is 29.3 Å². The highest BCUT2D eigenvalue weighted by molar-refractivity contribution is 5.99. The Kier molecular flexibility index (Phi) is 3.50. The molecule has 19 heavy (non-hydrogen) atoms. The molecule has 0 radical (unpaired) electrons. The third-order valence-corrected chi connectivity index (χ3v) is 3.01. The molecular formula is C13H14N2O4. The lowest BCUT2D eigenvalue weighted by Gasteiger charge is -2.13. The Morgan fingerprint density at radius 2 is 2.16 bits per heavy atom. The van der Waals surface area contributed by atoms with Crippen LogP contribution < -0.4 is 10.6 Å². The number of fused-ring (bicyclic) bond motifs is 1. The summed E-state index contributed by atoms with van der Waals surface area (Å²) in [5.41, 5.74) is 1.55. The lowest BCUT2D eigenvalue weighted by Crippen LogP contribution is -2.42. The summed E-state index contributed by atoms with van der Waals surface area (Å²) in [6.45, 7) is 1.36. The summed E-state index contributed by atoms with van der Waals surface area (Å²) in [4.78, 5) is 33.8. The molecule has 0 aliphatic carbocycles. The number of carboxylic acids is 1. The minimum absolute atomic E-state index is 0.186. The van der Waals surface area contributed by atoms with Gasteiger partial charge in [0.05, 0.1) is 5.56 Å². The normalized spacial score (nSPS) is 17.9. The SMILES string of the molecule is CC(=O)NC1CCc2cc(C(=O)O)ccc2NC1=O. The van der Waals surface area contributed by atoms with Crippen molar-refractivity contribution in [2.24, 2.45) is 0 Å². The molecule has 0 bridgehead atoms. The smallest absolute Gasteiger partial charge is 0.335 e. The Morgan fingerprint density at radius 3 is 2.79 bits per heavy atom. The maximum atomic E-state index is 11.9. The van der Waals surface area contributed by atoms with Gasteiger partial charge < -0.3 is 15.7 Å². The fraction of sp³-hybridized carbons (Fsp3) is 0.308. The maximum Gasteiger partial charge on any atom is 0.335 e. The van der Waals surface area contributed by atoms with Gasteiger partial charge in [0, 0.05) is 12.6 Å². The van der Waals surface area contributed by atoms with E-state index in [1.807, 2.05) is 0 Å². The molecule has 100 valence electrons. The predicted molar refractivity (Wildman–Crippen MR) is 68.0 cm³/mol. The largest absolute Gasteiger partial charge is 0.478 e. The van der Waals surface area contributed by atoms with Crippen molar-refractivity contribution < 1.29 is 19.5 Å². The van der Waals surface area contributed by atoms with Crippen LogP contribution >= 0.6 is 0 Å². The van der Waals surface area contributed by atoms with E-state index in [-0.39, 0.29) is 17.4 Å². The van der Waals surface area contributed by atoms with Crippen LogP contribution in [0.15, 0.2) is 18.2 Å². The molecule has 1 heterocycles. The maximum absolute atomic E-state index is 11.9. The highest BCUT2D eigenvalue weighted by atomic mass is 16.4. The topological polar surface area (TPSA) is 95.5 Å². The molecular weight excluding hydrogens is 248 g/mol. The number of carbonyl (C=O) groups excluding carboxylic acids is 2. The van der Waals surface area contributed by atoms with Crippen LogP contribution in [-0.2, 0) is 16.0 Å². The van der Waals surface area contributed by atoms with Crippen molar-refractivity contribution in [1.29, 1.82) is 0 Å². The molecule has 3 N–H and O–H groups in total. The van der Waals surface area contributed by atoms with Gasteiger partial charge in [-0.05, 0) is 36.6 Å². The van der Waals surface area contributed by atoms with Crippen molar-refractivity contribution in [3.63, 3.8) is 0 Å². The monoisotopic (exact) mass is 262 g/mol. The number of aromatic carboxylic acids is 1. The number of amides is 2. The first kappa shape index (κ1) is 13.1. The average molecular weight is 262 g/mol. The van der Waals surface area contributed by atoms with E-state index in [0.29, 0.717) is 18.5 Å². The van der Waals surface area contributed by atoms with E-state index in [1.165, 1.54) is 13.0 Å². The van der Waals surface area contributed by atoms with E-state index >= 15 is 0 Å². The van der Waals surface area contributed by atoms with Gasteiger partial charge in [0.25, 0.3) is 0 Å². The number of nitrogens with one attached hydrogen (secondary N) is 2. The first-order chi connectivity index (χ1) is 8.97. The zero-order chi connectivity index (χ0) is 14.0. The molecule has 1 aromatic rings. The molecule has 6 heteroatoms. The quantitative estimate of drug-likeness (QED) is 0.733. The summed E-state index contributed by atoms with van der Waals surface area (Å²) in [5, 5.41) is 14.2. The second-order valence-electron chi connectivity index (χ2n) is 4.46. The third-order valence-electron chi connectivity index (χ3n) is 3.01. The van der Waals surface area contributed by atoms with Gasteiger partial charge in [-0.2, -0.15) is 0 Å². The summed E-state index contributed by atoms with van der Waals surface area (Å²) < 4.78 is 0. The van der Waals surface area contributed by atoms with Crippen molar-refractivity contribution in [1.82, 2.24) is 5.32 Å². The van der Waals surface area contributed by atoms with Gasteiger partial charge in [-0.25, -0.2) is 4.79 Å². The number of carbonyl (C=O) groups is 3. The summed E-state index contributed by atoms with van der Waals surface area (Å²) in [7, 11) is 0. The molecule has 0 aromatic heterocycles. The highest BCUT2D eigenvalue weighted by Crippen LogP contribution is 2.23. The Balaban J connectivity index is 2.25. The van der Waals surface area contributed by atoms with E-state index in [2.05, 4.69) is 10.6 Å². The second-order valence-corrected chi connectivity index (χ2v) is 4.46. The fourth-order valence-corrected chi connectivity index (χ4v) is 2.09. The molecule has 2 rings (SSSR count). The van der Waals surface area contributed by atoms with E-state index in [0.717, 1.165) is 5.56 Å². The lowest BCUT2D eigenvalue weighted by atomic mass is 10.0. The fourth-order valence-electron chi connectivity index (χ4n) is 2.09. The molecule has 2 amide bonds. The zero-order valence-corrected chi connectivity index (χ0v) is 10.4. The first-order valence-electron chi connectivity index (χ1n) is 5.91. The minimum Gasteiger partial charge on any atom is -0.478 e. The summed E-state index contributed by atoms with van der Waals surface area (Å²) in [6.07, 6.45) is 0.974. The van der Waals surface area contributed by atoms with Crippen LogP contribution in [0, 0.1) is 0 Å². The number of aryl methyl sites for hydroxylation is 1. The molecule has 0 saturated carbocycles. The summed E-state index contributed by atoms with van der Waals surface area (Å²) >= 11 is 0. The van der Waals surface area contributed by atoms with Crippen LogP contribution in [0.4, 0.5) is 5.69 Å². The predicted octanol–water partition coefficient (Wildman–Crippen LogP) is 0.774. The Morgan fingerprint density at radius 1 is 1.42 bits per heavy atom. The van der Waals surface area contributed by atoms with Gasteiger partial charge in [-0.1, -0.05) is 0 Å². The standard InChI is InChI=1S/C13H14N2O4/c1-7(16)14-11-5-2-8-6-9(13(18)19)3-4-10(8)15-12(11)17/h3-4,6,11H,2,5H2,1H3,(H,14,16)(H,15,17)(H,18,19). The van der Waals surface area contributed by atoms with Crippen molar-refractivity contribution >= 4 is 23.5 Å².